The smallest absolute Gasteiger partial charge is 0.805 e. The zero-order chi connectivity index (χ0) is 45.9. The van der Waals surface area contributed by atoms with E-state index >= 15 is 0 Å². The molecule has 1 aromatic heterocycles. The Morgan fingerprint density at radius 1 is 0.806 bits per heavy atom. The number of aliphatic hydroxyl groups excluding tert-OH is 2. The van der Waals surface area contributed by atoms with Gasteiger partial charge in [-0.3, -0.25) is 4.79 Å². The normalized spacial score (nSPS) is 34.2. The number of rotatable bonds is 6. The monoisotopic (exact) mass is 1340 g/mol. The second-order valence-electron chi connectivity index (χ2n) is 15.5. The average Bonchev–Trinajstić information content (AvgIpc) is 3.98. The maximum atomic E-state index is 11.2. The first-order valence-corrected chi connectivity index (χ1v) is 25.4. The molecular formula is C45H62I4NNaO10S. The molecule has 0 saturated carbocycles. The van der Waals surface area contributed by atoms with E-state index in [1.54, 1.807) is 18.2 Å². The molecule has 5 saturated heterocycles. The van der Waals surface area contributed by atoms with Crippen molar-refractivity contribution in [2.45, 2.75) is 133 Å². The number of esters is 1. The first-order chi connectivity index (χ1) is 28.9. The molecule has 62 heavy (non-hydrogen) atoms. The van der Waals surface area contributed by atoms with Crippen molar-refractivity contribution < 1.29 is 73.0 Å². The predicted molar refractivity (Wildman–Crippen MR) is 280 cm³/mol. The summed E-state index contributed by atoms with van der Waals surface area (Å²) in [6.45, 7) is 23.0. The number of hydrogen-bond donors (Lipinski definition) is 2. The van der Waals surface area contributed by atoms with Gasteiger partial charge in [0.05, 0.1) is 56.8 Å². The van der Waals surface area contributed by atoms with Gasteiger partial charge in [-0.2, -0.15) is 0 Å². The number of epoxide rings is 1. The molecule has 2 N–H and O–H groups in total. The van der Waals surface area contributed by atoms with Gasteiger partial charge in [-0.05, 0) is 105 Å². The summed E-state index contributed by atoms with van der Waals surface area (Å²) in [7, 11) is 1.39. The zero-order valence-corrected chi connectivity index (χ0v) is 48.2. The van der Waals surface area contributed by atoms with Crippen LogP contribution in [0.15, 0.2) is 101 Å². The van der Waals surface area contributed by atoms with Crippen molar-refractivity contribution in [1.82, 2.24) is 4.73 Å². The molecule has 6 heterocycles. The Hall–Kier alpha value is 0.460. The maximum Gasteiger partial charge on any atom is 1.00 e. The van der Waals surface area contributed by atoms with Crippen LogP contribution in [0.5, 0.6) is 0 Å². The summed E-state index contributed by atoms with van der Waals surface area (Å²) >= 11 is 13.2. The van der Waals surface area contributed by atoms with E-state index in [1.807, 2.05) is 48.4 Å². The van der Waals surface area contributed by atoms with E-state index in [1.165, 1.54) is 18.9 Å². The molecule has 0 bridgehead atoms. The Labute approximate surface area is 451 Å². The molecule has 13 atom stereocenters. The molecule has 1 aromatic rings. The van der Waals surface area contributed by atoms with Crippen LogP contribution < -0.4 is 29.6 Å². The molecule has 6 rings (SSSR count). The van der Waals surface area contributed by atoms with E-state index in [2.05, 4.69) is 154 Å². The summed E-state index contributed by atoms with van der Waals surface area (Å²) in [5.74, 6) is 0.539. The third-order valence-electron chi connectivity index (χ3n) is 10.6. The van der Waals surface area contributed by atoms with Crippen molar-refractivity contribution in [3.63, 3.8) is 0 Å². The van der Waals surface area contributed by atoms with Gasteiger partial charge in [0.25, 0.3) is 0 Å². The maximum absolute atomic E-state index is 11.2. The first kappa shape index (κ1) is 60.5. The van der Waals surface area contributed by atoms with Crippen molar-refractivity contribution in [2.75, 3.05) is 13.7 Å². The number of aromatic nitrogens is 1. The van der Waals surface area contributed by atoms with Gasteiger partial charge in [0.2, 0.25) is 0 Å². The van der Waals surface area contributed by atoms with Crippen molar-refractivity contribution in [1.29, 1.82) is 0 Å². The SMILES string of the molecule is C=C1C[C@@H](C)O[C@H](/C=C/I)[C@H]1C.C=C1C[C@@H](C)O[C@H](/C=C/I)[C@H]1O.C=C1C[C@@H](CC(=O)OC)O[C@H](/C=C/I)[C@H]1C.C[C@@H]1C[C@@]2(CO2)[C@H](O)[C@@H](/C=C/I)O1.[Na+].[O-]n1ccccc1=S. The van der Waals surface area contributed by atoms with Crippen molar-refractivity contribution >= 4 is 109 Å². The third-order valence-corrected chi connectivity index (χ3v) is 12.5. The largest absolute Gasteiger partial charge is 1.00 e. The number of halogens is 4. The number of nitrogens with zero attached hydrogens (tertiary/aromatic N) is 1. The summed E-state index contributed by atoms with van der Waals surface area (Å²) in [6.07, 6.45) is 12.2. The Bertz CT molecular complexity index is 1690. The summed E-state index contributed by atoms with van der Waals surface area (Å²) < 4.78 is 41.3. The summed E-state index contributed by atoms with van der Waals surface area (Å²) in [4.78, 5) is 11.2. The Kier molecular flexibility index (Phi) is 30.7. The molecule has 5 fully saturated rings. The number of aliphatic hydroxyl groups is 2. The van der Waals surface area contributed by atoms with Crippen LogP contribution in [-0.2, 0) is 33.2 Å². The number of pyridine rings is 1. The second-order valence-corrected chi connectivity index (χ2v) is 18.8. The number of hydrogen-bond acceptors (Lipinski definition) is 11. The summed E-state index contributed by atoms with van der Waals surface area (Å²) in [6, 6.07) is 4.96. The van der Waals surface area contributed by atoms with Crippen LogP contribution in [0, 0.1) is 21.7 Å². The van der Waals surface area contributed by atoms with Gasteiger partial charge < -0.3 is 48.6 Å². The number of carbonyl (C=O) groups is 1. The topological polar surface area (TPSA) is 144 Å². The summed E-state index contributed by atoms with van der Waals surface area (Å²) in [5.41, 5.74) is 3.03. The minimum atomic E-state index is -0.535. The Balaban J connectivity index is 0.000000391. The fourth-order valence-corrected chi connectivity index (χ4v) is 8.70. The molecule has 0 aliphatic carbocycles. The molecule has 5 aliphatic heterocycles. The van der Waals surface area contributed by atoms with Gasteiger partial charge in [-0.1, -0.05) is 153 Å². The fraction of sp³-hybridized carbons (Fsp3) is 0.556. The molecule has 0 amide bonds. The molecule has 1 spiro atoms. The van der Waals surface area contributed by atoms with Crippen LogP contribution >= 0.6 is 103 Å². The van der Waals surface area contributed by atoms with E-state index in [-0.39, 0.29) is 83.9 Å². The second kappa shape index (κ2) is 31.5. The van der Waals surface area contributed by atoms with Crippen LogP contribution in [0.3, 0.4) is 0 Å². The van der Waals surface area contributed by atoms with E-state index in [0.29, 0.717) is 40.3 Å². The molecule has 11 nitrogen and oxygen atoms in total. The van der Waals surface area contributed by atoms with Gasteiger partial charge in [-0.15, -0.1) is 0 Å². The quantitative estimate of drug-likeness (QED) is 0.0715. The first-order valence-electron chi connectivity index (χ1n) is 20.0. The minimum Gasteiger partial charge on any atom is -0.805 e. The van der Waals surface area contributed by atoms with Gasteiger partial charge in [-0.25, -0.2) is 0 Å². The molecule has 0 radical (unpaired) electrons. The van der Waals surface area contributed by atoms with Crippen LogP contribution in [0.25, 0.3) is 0 Å². The zero-order valence-electron chi connectivity index (χ0n) is 36.7. The number of carbonyl (C=O) groups excluding carboxylic acids is 1. The summed E-state index contributed by atoms with van der Waals surface area (Å²) in [5, 5.41) is 29.9. The molecule has 342 valence electrons. The number of ether oxygens (including phenoxy) is 6. The van der Waals surface area contributed by atoms with Crippen LogP contribution in [-0.4, -0.2) is 101 Å². The molecular weight excluding hydrogens is 1280 g/mol. The average molecular weight is 1340 g/mol. The van der Waals surface area contributed by atoms with E-state index in [4.69, 9.17) is 23.7 Å². The van der Waals surface area contributed by atoms with Gasteiger partial charge in [0, 0.05) is 18.3 Å². The number of methoxy groups -OCH3 is 1. The standard InChI is InChI=1S/C12H17IO3.C10H15IO.C9H13IO3.C9H13IO2.C5H4NOS.Na/c1-8-6-10(7-12(14)15-3)16-11(4-5-13)9(8)2;1-7-6-8(2)12-10(4-5-11)9(7)3;1-6-4-9(5-12-9)8(11)7(13-6)2-3-10;1-6-5-7(2)12-8(3-4-10)9(6)11;7-6-4-2-1-3-5(6)8;/h4-5,9-11H,1,6-7H2,2-3H3;4-5,8-10H,1,6H2,2-3H3;2-3,6-8,11H,4-5H2,1H3;3-4,7-9,11H,1,5H2,2H3;1-4H;/q;;;;-1;+1/b2*5-4+;3-2+;4-3+;;/t9-,10-,11+;8-,9+,10-;6-,7-,8-,9-;7-,8-,9+;;/m0111../s1. The van der Waals surface area contributed by atoms with Crippen LogP contribution in [0.1, 0.15) is 66.7 Å². The molecule has 0 aromatic carbocycles. The van der Waals surface area contributed by atoms with Crippen molar-refractivity contribution in [3.05, 3.63) is 111 Å². The van der Waals surface area contributed by atoms with Crippen LogP contribution in [0.2, 0.25) is 0 Å². The Morgan fingerprint density at radius 2 is 1.27 bits per heavy atom. The molecule has 17 heteroatoms. The Morgan fingerprint density at radius 3 is 1.76 bits per heavy atom. The van der Waals surface area contributed by atoms with Crippen molar-refractivity contribution in [2.24, 2.45) is 11.8 Å². The van der Waals surface area contributed by atoms with E-state index in [0.717, 1.165) is 36.8 Å². The molecule has 0 unspecified atom stereocenters. The van der Waals surface area contributed by atoms with E-state index < -0.39 is 12.2 Å². The van der Waals surface area contributed by atoms with Crippen molar-refractivity contribution in [3.8, 4) is 0 Å². The van der Waals surface area contributed by atoms with Gasteiger partial charge in [0.1, 0.15) is 34.7 Å². The minimum absolute atomic E-state index is 0. The predicted octanol–water partition coefficient (Wildman–Crippen LogP) is 7.99. The fourth-order valence-electron chi connectivity index (χ4n) is 6.93. The van der Waals surface area contributed by atoms with Gasteiger partial charge >= 0.3 is 35.5 Å². The van der Waals surface area contributed by atoms with E-state index in [9.17, 15) is 20.2 Å². The van der Waals surface area contributed by atoms with Gasteiger partial charge in [0.15, 0.2) is 0 Å². The molecule has 5 aliphatic rings. The van der Waals surface area contributed by atoms with Crippen LogP contribution in [0.4, 0.5) is 0 Å². The third kappa shape index (κ3) is 20.8.